The van der Waals surface area contributed by atoms with Gasteiger partial charge in [-0.25, -0.2) is 4.79 Å². The fraction of sp³-hybridized carbons (Fsp3) is 0.917. The SMILES string of the molecule is CCO[SiH2]CCCNC(=O)NCCN(CC)CC. The lowest BCUT2D eigenvalue weighted by atomic mass is 10.4. The second kappa shape index (κ2) is 12.9. The molecule has 0 aliphatic carbocycles. The zero-order valence-electron chi connectivity index (χ0n) is 12.1. The highest BCUT2D eigenvalue weighted by molar-refractivity contribution is 6.26. The standard InChI is InChI=1S/C12H29N3O2Si/c1-4-15(5-2)10-9-14-12(16)13-8-7-11-18-17-6-3/h4-11,18H2,1-3H3,(H2,13,14,16). The summed E-state index contributed by atoms with van der Waals surface area (Å²) in [6.45, 7) is 11.5. The second-order valence-electron chi connectivity index (χ2n) is 4.11. The Morgan fingerprint density at radius 1 is 1.17 bits per heavy atom. The number of carbonyl (C=O) groups is 1. The molecule has 0 rings (SSSR count). The van der Waals surface area contributed by atoms with Crippen molar-refractivity contribution in [3.8, 4) is 0 Å². The molecule has 0 aromatic rings. The molecule has 0 aromatic carbocycles. The summed E-state index contributed by atoms with van der Waals surface area (Å²) in [6.07, 6.45) is 1.02. The number of amides is 2. The van der Waals surface area contributed by atoms with E-state index >= 15 is 0 Å². The molecule has 18 heavy (non-hydrogen) atoms. The van der Waals surface area contributed by atoms with Crippen LogP contribution >= 0.6 is 0 Å². The van der Waals surface area contributed by atoms with Gasteiger partial charge in [0.05, 0.1) is 0 Å². The average Bonchev–Trinajstić information content (AvgIpc) is 2.39. The summed E-state index contributed by atoms with van der Waals surface area (Å²) >= 11 is 0. The van der Waals surface area contributed by atoms with Crippen LogP contribution in [0.3, 0.4) is 0 Å². The molecule has 0 aliphatic heterocycles. The molecule has 2 N–H and O–H groups in total. The predicted octanol–water partition coefficient (Wildman–Crippen LogP) is 0.556. The maximum absolute atomic E-state index is 11.4. The first kappa shape index (κ1) is 17.4. The molecule has 0 saturated heterocycles. The molecule has 2 amide bonds. The number of rotatable bonds is 11. The number of nitrogens with one attached hydrogen (secondary N) is 2. The van der Waals surface area contributed by atoms with E-state index < -0.39 is 0 Å². The van der Waals surface area contributed by atoms with Gasteiger partial charge in [-0.1, -0.05) is 13.8 Å². The fourth-order valence-electron chi connectivity index (χ4n) is 1.61. The van der Waals surface area contributed by atoms with Crippen molar-refractivity contribution in [2.24, 2.45) is 0 Å². The molecule has 0 saturated carbocycles. The molecule has 0 aromatic heterocycles. The Kier molecular flexibility index (Phi) is 12.4. The maximum Gasteiger partial charge on any atom is 0.314 e. The van der Waals surface area contributed by atoms with Gasteiger partial charge in [0.25, 0.3) is 0 Å². The molecule has 0 radical (unpaired) electrons. The summed E-state index contributed by atoms with van der Waals surface area (Å²) in [6, 6.07) is 1.08. The lowest BCUT2D eigenvalue weighted by molar-refractivity contribution is 0.237. The van der Waals surface area contributed by atoms with E-state index in [-0.39, 0.29) is 15.8 Å². The molecular formula is C12H29N3O2Si. The smallest absolute Gasteiger partial charge is 0.314 e. The number of nitrogens with zero attached hydrogens (tertiary/aromatic N) is 1. The Bertz CT molecular complexity index is 202. The van der Waals surface area contributed by atoms with Crippen LogP contribution in [-0.4, -0.2) is 60.0 Å². The zero-order chi connectivity index (χ0) is 13.6. The first-order valence-electron chi connectivity index (χ1n) is 7.06. The van der Waals surface area contributed by atoms with Crippen molar-refractivity contribution < 1.29 is 9.22 Å². The van der Waals surface area contributed by atoms with Crippen molar-refractivity contribution in [2.45, 2.75) is 33.2 Å². The first-order valence-corrected chi connectivity index (χ1v) is 8.64. The van der Waals surface area contributed by atoms with Gasteiger partial charge in [0.1, 0.15) is 0 Å². The fourth-order valence-corrected chi connectivity index (χ4v) is 2.55. The molecule has 6 heteroatoms. The van der Waals surface area contributed by atoms with E-state index in [1.54, 1.807) is 0 Å². The summed E-state index contributed by atoms with van der Waals surface area (Å²) in [5, 5.41) is 5.74. The van der Waals surface area contributed by atoms with Crippen LogP contribution in [0.1, 0.15) is 27.2 Å². The molecule has 0 spiro atoms. The Labute approximate surface area is 114 Å². The molecule has 0 bridgehead atoms. The molecule has 108 valence electrons. The number of likely N-dealkylation sites (N-methyl/N-ethyl adjacent to an activating group) is 1. The lowest BCUT2D eigenvalue weighted by Crippen LogP contribution is -2.40. The summed E-state index contributed by atoms with van der Waals surface area (Å²) in [4.78, 5) is 13.7. The van der Waals surface area contributed by atoms with Crippen molar-refractivity contribution in [1.29, 1.82) is 0 Å². The summed E-state index contributed by atoms with van der Waals surface area (Å²) < 4.78 is 5.36. The largest absolute Gasteiger partial charge is 0.424 e. The van der Waals surface area contributed by atoms with E-state index in [1.807, 2.05) is 6.92 Å². The first-order chi connectivity index (χ1) is 8.74. The molecule has 0 heterocycles. The normalized spacial score (nSPS) is 11.3. The molecule has 0 unspecified atom stereocenters. The van der Waals surface area contributed by atoms with Gasteiger partial charge in [-0.15, -0.1) is 0 Å². The van der Waals surface area contributed by atoms with Crippen LogP contribution in [0.2, 0.25) is 6.04 Å². The molecule has 5 nitrogen and oxygen atoms in total. The van der Waals surface area contributed by atoms with E-state index in [0.717, 1.165) is 45.3 Å². The van der Waals surface area contributed by atoms with Crippen LogP contribution < -0.4 is 10.6 Å². The minimum atomic E-state index is -0.345. The number of urea groups is 1. The van der Waals surface area contributed by atoms with Crippen LogP contribution in [0.25, 0.3) is 0 Å². The summed E-state index contributed by atoms with van der Waals surface area (Å²) in [5.41, 5.74) is 0. The van der Waals surface area contributed by atoms with Gasteiger partial charge in [0, 0.05) is 26.2 Å². The third kappa shape index (κ3) is 10.6. The summed E-state index contributed by atoms with van der Waals surface area (Å²) in [7, 11) is -0.345. The summed E-state index contributed by atoms with van der Waals surface area (Å²) in [5.74, 6) is 0. The van der Waals surface area contributed by atoms with E-state index in [0.29, 0.717) is 6.54 Å². The van der Waals surface area contributed by atoms with Crippen molar-refractivity contribution in [3.63, 3.8) is 0 Å². The van der Waals surface area contributed by atoms with Gasteiger partial charge in [-0.2, -0.15) is 0 Å². The molecule has 0 aliphatic rings. The van der Waals surface area contributed by atoms with Crippen LogP contribution in [0.4, 0.5) is 4.79 Å². The van der Waals surface area contributed by atoms with E-state index in [2.05, 4.69) is 29.4 Å². The molecular weight excluding hydrogens is 246 g/mol. The quantitative estimate of drug-likeness (QED) is 0.428. The van der Waals surface area contributed by atoms with Gasteiger partial charge in [-0.3, -0.25) is 0 Å². The Morgan fingerprint density at radius 2 is 1.83 bits per heavy atom. The van der Waals surface area contributed by atoms with Crippen molar-refractivity contribution in [3.05, 3.63) is 0 Å². The third-order valence-electron chi connectivity index (χ3n) is 2.81. The second-order valence-corrected chi connectivity index (χ2v) is 5.64. The van der Waals surface area contributed by atoms with Crippen LogP contribution in [0, 0.1) is 0 Å². The van der Waals surface area contributed by atoms with Crippen LogP contribution in [-0.2, 0) is 4.43 Å². The third-order valence-corrected chi connectivity index (χ3v) is 4.30. The van der Waals surface area contributed by atoms with Crippen molar-refractivity contribution >= 4 is 15.8 Å². The number of hydrogen-bond donors (Lipinski definition) is 2. The Balaban J connectivity index is 3.32. The number of hydrogen-bond acceptors (Lipinski definition) is 3. The van der Waals surface area contributed by atoms with Crippen LogP contribution in [0.15, 0.2) is 0 Å². The van der Waals surface area contributed by atoms with E-state index in [4.69, 9.17) is 4.43 Å². The number of carbonyl (C=O) groups excluding carboxylic acids is 1. The van der Waals surface area contributed by atoms with Crippen molar-refractivity contribution in [2.75, 3.05) is 39.3 Å². The highest BCUT2D eigenvalue weighted by Crippen LogP contribution is 1.88. The van der Waals surface area contributed by atoms with Gasteiger partial charge in [0.15, 0.2) is 9.76 Å². The minimum absolute atomic E-state index is 0.0553. The van der Waals surface area contributed by atoms with Gasteiger partial charge < -0.3 is 20.0 Å². The monoisotopic (exact) mass is 275 g/mol. The topological polar surface area (TPSA) is 53.6 Å². The lowest BCUT2D eigenvalue weighted by Gasteiger charge is -2.18. The average molecular weight is 275 g/mol. The van der Waals surface area contributed by atoms with E-state index in [9.17, 15) is 4.79 Å². The highest BCUT2D eigenvalue weighted by Gasteiger charge is 2.01. The maximum atomic E-state index is 11.4. The highest BCUT2D eigenvalue weighted by atomic mass is 28.2. The predicted molar refractivity (Wildman–Crippen MR) is 78.8 cm³/mol. The van der Waals surface area contributed by atoms with Gasteiger partial charge in [-0.05, 0) is 32.5 Å². The molecule has 0 fully saturated rings. The molecule has 0 atom stereocenters. The Morgan fingerprint density at radius 3 is 2.44 bits per heavy atom. The van der Waals surface area contributed by atoms with E-state index in [1.165, 1.54) is 0 Å². The van der Waals surface area contributed by atoms with Crippen LogP contribution in [0.5, 0.6) is 0 Å². The zero-order valence-corrected chi connectivity index (χ0v) is 13.5. The van der Waals surface area contributed by atoms with Gasteiger partial charge in [0.2, 0.25) is 0 Å². The Hall–Kier alpha value is -0.593. The van der Waals surface area contributed by atoms with Gasteiger partial charge >= 0.3 is 6.03 Å². The minimum Gasteiger partial charge on any atom is -0.424 e. The van der Waals surface area contributed by atoms with Crippen molar-refractivity contribution in [1.82, 2.24) is 15.5 Å².